The number of nitrogens with one attached hydrogen (secondary N) is 1. The normalized spacial score (nSPS) is 12.0. The van der Waals surface area contributed by atoms with Gasteiger partial charge in [-0.2, -0.15) is 0 Å². The van der Waals surface area contributed by atoms with E-state index < -0.39 is 0 Å². The number of carbonyl (C=O) groups is 1. The molecule has 0 aliphatic rings. The largest absolute Gasteiger partial charge is 0.383 e. The molecule has 0 fully saturated rings. The Kier molecular flexibility index (Phi) is 6.40. The lowest BCUT2D eigenvalue weighted by Gasteiger charge is -2.16. The van der Waals surface area contributed by atoms with E-state index in [2.05, 4.69) is 19.2 Å². The van der Waals surface area contributed by atoms with Gasteiger partial charge in [0.05, 0.1) is 0 Å². The van der Waals surface area contributed by atoms with Gasteiger partial charge in [0.15, 0.2) is 0 Å². The highest BCUT2D eigenvalue weighted by molar-refractivity contribution is 5.94. The van der Waals surface area contributed by atoms with Crippen LogP contribution in [0.15, 0.2) is 24.3 Å². The van der Waals surface area contributed by atoms with Crippen LogP contribution in [0.25, 0.3) is 0 Å². The first-order chi connectivity index (χ1) is 9.04. The predicted octanol–water partition coefficient (Wildman–Crippen LogP) is 3.77. The van der Waals surface area contributed by atoms with Crippen LogP contribution in [0, 0.1) is 0 Å². The molecule has 0 spiro atoms. The van der Waals surface area contributed by atoms with Crippen molar-refractivity contribution in [2.45, 2.75) is 45.6 Å². The monoisotopic (exact) mass is 262 g/mol. The Morgan fingerprint density at radius 1 is 1.21 bits per heavy atom. The summed E-state index contributed by atoms with van der Waals surface area (Å²) in [5.41, 5.74) is 1.81. The minimum atomic E-state index is 0.0440. The van der Waals surface area contributed by atoms with E-state index in [1.54, 1.807) is 19.0 Å². The third kappa shape index (κ3) is 5.33. The number of benzene rings is 1. The predicted molar refractivity (Wildman–Crippen MR) is 81.7 cm³/mol. The SMILES string of the molecule is CCCCCC(C)Nc1ccc(C(=O)N(C)C)cc1. The smallest absolute Gasteiger partial charge is 0.253 e. The van der Waals surface area contributed by atoms with E-state index in [1.165, 1.54) is 25.7 Å². The van der Waals surface area contributed by atoms with Crippen LogP contribution < -0.4 is 5.32 Å². The summed E-state index contributed by atoms with van der Waals surface area (Å²) in [5.74, 6) is 0.0440. The average Bonchev–Trinajstić information content (AvgIpc) is 2.39. The first kappa shape index (κ1) is 15.5. The molecule has 1 aromatic carbocycles. The lowest BCUT2D eigenvalue weighted by molar-refractivity contribution is 0.0827. The number of rotatable bonds is 7. The van der Waals surface area contributed by atoms with Crippen molar-refractivity contribution in [2.75, 3.05) is 19.4 Å². The van der Waals surface area contributed by atoms with Gasteiger partial charge in [0.2, 0.25) is 0 Å². The van der Waals surface area contributed by atoms with Crippen LogP contribution in [0.4, 0.5) is 5.69 Å². The number of nitrogens with zero attached hydrogens (tertiary/aromatic N) is 1. The average molecular weight is 262 g/mol. The molecule has 0 aliphatic heterocycles. The van der Waals surface area contributed by atoms with E-state index in [1.807, 2.05) is 24.3 Å². The molecule has 19 heavy (non-hydrogen) atoms. The van der Waals surface area contributed by atoms with Crippen LogP contribution >= 0.6 is 0 Å². The number of carbonyl (C=O) groups excluding carboxylic acids is 1. The summed E-state index contributed by atoms with van der Waals surface area (Å²) in [6, 6.07) is 8.19. The van der Waals surface area contributed by atoms with Crippen LogP contribution in [0.1, 0.15) is 49.9 Å². The van der Waals surface area contributed by atoms with Crippen LogP contribution in [0.3, 0.4) is 0 Å². The molecular weight excluding hydrogens is 236 g/mol. The van der Waals surface area contributed by atoms with Crippen LogP contribution in [0.2, 0.25) is 0 Å². The van der Waals surface area contributed by atoms with Crippen molar-refractivity contribution >= 4 is 11.6 Å². The van der Waals surface area contributed by atoms with Gasteiger partial charge in [-0.3, -0.25) is 4.79 Å². The molecule has 0 aromatic heterocycles. The highest BCUT2D eigenvalue weighted by Gasteiger charge is 2.07. The summed E-state index contributed by atoms with van der Waals surface area (Å²) in [6.45, 7) is 4.42. The van der Waals surface area contributed by atoms with Gasteiger partial charge in [-0.25, -0.2) is 0 Å². The van der Waals surface area contributed by atoms with E-state index >= 15 is 0 Å². The van der Waals surface area contributed by atoms with E-state index in [0.29, 0.717) is 6.04 Å². The van der Waals surface area contributed by atoms with Gasteiger partial charge in [-0.1, -0.05) is 26.2 Å². The molecule has 0 saturated heterocycles. The summed E-state index contributed by atoms with van der Waals surface area (Å²) in [5, 5.41) is 3.47. The van der Waals surface area contributed by atoms with Crippen molar-refractivity contribution in [3.8, 4) is 0 Å². The molecule has 0 bridgehead atoms. The number of hydrogen-bond donors (Lipinski definition) is 1. The fraction of sp³-hybridized carbons (Fsp3) is 0.562. The van der Waals surface area contributed by atoms with E-state index in [4.69, 9.17) is 0 Å². The Morgan fingerprint density at radius 3 is 2.37 bits per heavy atom. The minimum Gasteiger partial charge on any atom is -0.383 e. The van der Waals surface area contributed by atoms with Crippen molar-refractivity contribution in [3.63, 3.8) is 0 Å². The first-order valence-corrected chi connectivity index (χ1v) is 7.12. The van der Waals surface area contributed by atoms with Gasteiger partial charge in [0, 0.05) is 31.4 Å². The Labute approximate surface area is 117 Å². The van der Waals surface area contributed by atoms with Gasteiger partial charge in [0.25, 0.3) is 5.91 Å². The zero-order valence-corrected chi connectivity index (χ0v) is 12.6. The zero-order chi connectivity index (χ0) is 14.3. The standard InChI is InChI=1S/C16H26N2O/c1-5-6-7-8-13(2)17-15-11-9-14(10-12-15)16(19)18(3)4/h9-13,17H,5-8H2,1-4H3. The fourth-order valence-electron chi connectivity index (χ4n) is 2.02. The zero-order valence-electron chi connectivity index (χ0n) is 12.6. The summed E-state index contributed by atoms with van der Waals surface area (Å²) >= 11 is 0. The third-order valence-electron chi connectivity index (χ3n) is 3.19. The molecule has 1 amide bonds. The van der Waals surface area contributed by atoms with Crippen molar-refractivity contribution in [2.24, 2.45) is 0 Å². The van der Waals surface area contributed by atoms with Crippen molar-refractivity contribution in [1.82, 2.24) is 4.90 Å². The summed E-state index contributed by atoms with van der Waals surface area (Å²) in [7, 11) is 3.54. The van der Waals surface area contributed by atoms with E-state index in [0.717, 1.165) is 11.3 Å². The molecule has 0 heterocycles. The third-order valence-corrected chi connectivity index (χ3v) is 3.19. The summed E-state index contributed by atoms with van der Waals surface area (Å²) in [6.07, 6.45) is 5.00. The molecule has 0 aliphatic carbocycles. The minimum absolute atomic E-state index is 0.0440. The molecular formula is C16H26N2O. The molecule has 3 nitrogen and oxygen atoms in total. The second kappa shape index (κ2) is 7.82. The van der Waals surface area contributed by atoms with Gasteiger partial charge in [-0.05, 0) is 37.6 Å². The van der Waals surface area contributed by atoms with E-state index in [9.17, 15) is 4.79 Å². The van der Waals surface area contributed by atoms with Crippen molar-refractivity contribution in [1.29, 1.82) is 0 Å². The molecule has 1 unspecified atom stereocenters. The summed E-state index contributed by atoms with van der Waals surface area (Å²) < 4.78 is 0. The van der Waals surface area contributed by atoms with Crippen molar-refractivity contribution in [3.05, 3.63) is 29.8 Å². The number of unbranched alkanes of at least 4 members (excludes halogenated alkanes) is 2. The maximum Gasteiger partial charge on any atom is 0.253 e. The first-order valence-electron chi connectivity index (χ1n) is 7.12. The molecule has 1 aromatic rings. The Balaban J connectivity index is 2.50. The Hall–Kier alpha value is -1.51. The van der Waals surface area contributed by atoms with Crippen LogP contribution in [-0.4, -0.2) is 30.9 Å². The molecule has 0 radical (unpaired) electrons. The topological polar surface area (TPSA) is 32.3 Å². The molecule has 3 heteroatoms. The number of hydrogen-bond acceptors (Lipinski definition) is 2. The number of anilines is 1. The second-order valence-corrected chi connectivity index (χ2v) is 5.32. The lowest BCUT2D eigenvalue weighted by atomic mass is 10.1. The number of amides is 1. The maximum absolute atomic E-state index is 11.8. The van der Waals surface area contributed by atoms with Crippen LogP contribution in [-0.2, 0) is 0 Å². The lowest BCUT2D eigenvalue weighted by Crippen LogP contribution is -2.21. The Bertz CT molecular complexity index is 384. The maximum atomic E-state index is 11.8. The molecule has 0 saturated carbocycles. The van der Waals surface area contributed by atoms with Gasteiger partial charge in [0.1, 0.15) is 0 Å². The summed E-state index contributed by atoms with van der Waals surface area (Å²) in [4.78, 5) is 13.4. The fourth-order valence-corrected chi connectivity index (χ4v) is 2.02. The molecule has 1 rings (SSSR count). The van der Waals surface area contributed by atoms with Crippen LogP contribution in [0.5, 0.6) is 0 Å². The van der Waals surface area contributed by atoms with Gasteiger partial charge in [-0.15, -0.1) is 0 Å². The Morgan fingerprint density at radius 2 is 1.84 bits per heavy atom. The van der Waals surface area contributed by atoms with Gasteiger partial charge >= 0.3 is 0 Å². The van der Waals surface area contributed by atoms with E-state index in [-0.39, 0.29) is 5.91 Å². The molecule has 106 valence electrons. The van der Waals surface area contributed by atoms with Crippen molar-refractivity contribution < 1.29 is 4.79 Å². The highest BCUT2D eigenvalue weighted by Crippen LogP contribution is 2.14. The second-order valence-electron chi connectivity index (χ2n) is 5.32. The highest BCUT2D eigenvalue weighted by atomic mass is 16.2. The molecule has 1 N–H and O–H groups in total. The molecule has 1 atom stereocenters. The van der Waals surface area contributed by atoms with Gasteiger partial charge < -0.3 is 10.2 Å². The quantitative estimate of drug-likeness (QED) is 0.759.